The topological polar surface area (TPSA) is 35.5 Å². The number of aliphatic hydroxyl groups is 1. The van der Waals surface area contributed by atoms with E-state index >= 15 is 0 Å². The predicted molar refractivity (Wildman–Crippen MR) is 93.3 cm³/mol. The minimum Gasteiger partial charge on any atom is -0.395 e. The Kier molecular flexibility index (Phi) is 9.71. The summed E-state index contributed by atoms with van der Waals surface area (Å²) in [5.41, 5.74) is 2.36. The molecule has 0 radical (unpaired) electrons. The third kappa shape index (κ3) is 7.37. The van der Waals surface area contributed by atoms with E-state index in [9.17, 15) is 0 Å². The van der Waals surface area contributed by atoms with E-state index in [2.05, 4.69) is 48.3 Å². The number of rotatable bonds is 12. The van der Waals surface area contributed by atoms with Crippen LogP contribution in [-0.2, 0) is 0 Å². The monoisotopic (exact) mass is 292 g/mol. The number of hydrogen-bond acceptors (Lipinski definition) is 3. The fraction of sp³-hybridized carbons (Fsp3) is 0.667. The molecule has 0 aromatic heterocycles. The number of nitrogens with one attached hydrogen (secondary N) is 1. The van der Waals surface area contributed by atoms with Gasteiger partial charge in [0.05, 0.1) is 6.61 Å². The Bertz CT molecular complexity index is 351. The Morgan fingerprint density at radius 2 is 1.62 bits per heavy atom. The van der Waals surface area contributed by atoms with Crippen LogP contribution in [0.1, 0.15) is 52.4 Å². The highest BCUT2D eigenvalue weighted by molar-refractivity contribution is 5.55. The summed E-state index contributed by atoms with van der Waals surface area (Å²) in [6.45, 7) is 7.24. The predicted octanol–water partition coefficient (Wildman–Crippen LogP) is 4.28. The highest BCUT2D eigenvalue weighted by Crippen LogP contribution is 2.17. The standard InChI is InChI=1S/C18H32N2O/c1-3-5-6-7-8-9-14-19-17-10-12-18(13-11-17)20(4-2)15-16-21/h10-13,19,21H,3-9,14-16H2,1-2H3. The molecule has 0 bridgehead atoms. The van der Waals surface area contributed by atoms with E-state index in [1.54, 1.807) is 0 Å². The van der Waals surface area contributed by atoms with Gasteiger partial charge < -0.3 is 15.3 Å². The molecular formula is C18H32N2O. The number of likely N-dealkylation sites (N-methyl/N-ethyl adjacent to an activating group) is 1. The Morgan fingerprint density at radius 3 is 2.24 bits per heavy atom. The van der Waals surface area contributed by atoms with Crippen molar-refractivity contribution in [3.8, 4) is 0 Å². The van der Waals surface area contributed by atoms with Crippen LogP contribution in [0.15, 0.2) is 24.3 Å². The largest absolute Gasteiger partial charge is 0.395 e. The number of unbranched alkanes of at least 4 members (excludes halogenated alkanes) is 5. The molecule has 1 rings (SSSR count). The second kappa shape index (κ2) is 11.4. The number of hydrogen-bond donors (Lipinski definition) is 2. The fourth-order valence-electron chi connectivity index (χ4n) is 2.52. The Labute approximate surface area is 130 Å². The van der Waals surface area contributed by atoms with Gasteiger partial charge in [0.15, 0.2) is 0 Å². The third-order valence-electron chi connectivity index (χ3n) is 3.84. The van der Waals surface area contributed by atoms with Crippen molar-refractivity contribution >= 4 is 11.4 Å². The van der Waals surface area contributed by atoms with E-state index in [-0.39, 0.29) is 6.61 Å². The van der Waals surface area contributed by atoms with Gasteiger partial charge in [-0.25, -0.2) is 0 Å². The molecule has 3 heteroatoms. The maximum absolute atomic E-state index is 9.05. The molecule has 0 heterocycles. The summed E-state index contributed by atoms with van der Waals surface area (Å²) in [5.74, 6) is 0. The molecular weight excluding hydrogens is 260 g/mol. The van der Waals surface area contributed by atoms with Crippen LogP contribution in [0.2, 0.25) is 0 Å². The maximum atomic E-state index is 9.05. The molecule has 0 saturated carbocycles. The molecule has 1 aromatic carbocycles. The quantitative estimate of drug-likeness (QED) is 0.564. The van der Waals surface area contributed by atoms with Crippen molar-refractivity contribution in [2.45, 2.75) is 52.4 Å². The zero-order valence-electron chi connectivity index (χ0n) is 13.8. The molecule has 0 amide bonds. The van der Waals surface area contributed by atoms with Crippen molar-refractivity contribution in [1.29, 1.82) is 0 Å². The maximum Gasteiger partial charge on any atom is 0.0606 e. The highest BCUT2D eigenvalue weighted by atomic mass is 16.3. The zero-order valence-corrected chi connectivity index (χ0v) is 13.8. The summed E-state index contributed by atoms with van der Waals surface area (Å²) < 4.78 is 0. The molecule has 2 N–H and O–H groups in total. The summed E-state index contributed by atoms with van der Waals surface area (Å²) in [5, 5.41) is 12.5. The molecule has 21 heavy (non-hydrogen) atoms. The lowest BCUT2D eigenvalue weighted by Crippen LogP contribution is -2.25. The van der Waals surface area contributed by atoms with Crippen molar-refractivity contribution in [2.24, 2.45) is 0 Å². The van der Waals surface area contributed by atoms with E-state index in [1.165, 1.54) is 49.9 Å². The first-order valence-electron chi connectivity index (χ1n) is 8.51. The Hall–Kier alpha value is -1.22. The van der Waals surface area contributed by atoms with Crippen LogP contribution >= 0.6 is 0 Å². The SMILES string of the molecule is CCCCCCCCNc1ccc(N(CC)CCO)cc1. The lowest BCUT2D eigenvalue weighted by atomic mass is 10.1. The third-order valence-corrected chi connectivity index (χ3v) is 3.84. The van der Waals surface area contributed by atoms with E-state index < -0.39 is 0 Å². The summed E-state index contributed by atoms with van der Waals surface area (Å²) in [6, 6.07) is 8.52. The first kappa shape index (κ1) is 17.8. The van der Waals surface area contributed by atoms with Crippen molar-refractivity contribution in [3.63, 3.8) is 0 Å². The molecule has 0 unspecified atom stereocenters. The molecule has 0 saturated heterocycles. The van der Waals surface area contributed by atoms with Gasteiger partial charge in [-0.05, 0) is 37.6 Å². The second-order valence-electron chi connectivity index (χ2n) is 5.54. The first-order valence-corrected chi connectivity index (χ1v) is 8.51. The van der Waals surface area contributed by atoms with Crippen molar-refractivity contribution < 1.29 is 5.11 Å². The van der Waals surface area contributed by atoms with E-state index in [0.29, 0.717) is 6.54 Å². The van der Waals surface area contributed by atoms with Gasteiger partial charge in [-0.15, -0.1) is 0 Å². The summed E-state index contributed by atoms with van der Waals surface area (Å²) >= 11 is 0. The van der Waals surface area contributed by atoms with Crippen molar-refractivity contribution in [2.75, 3.05) is 36.5 Å². The minimum absolute atomic E-state index is 0.200. The fourth-order valence-corrected chi connectivity index (χ4v) is 2.52. The Balaban J connectivity index is 2.24. The van der Waals surface area contributed by atoms with E-state index in [0.717, 1.165) is 13.1 Å². The van der Waals surface area contributed by atoms with Crippen LogP contribution in [-0.4, -0.2) is 31.3 Å². The highest BCUT2D eigenvalue weighted by Gasteiger charge is 2.02. The number of anilines is 2. The molecule has 0 spiro atoms. The molecule has 3 nitrogen and oxygen atoms in total. The first-order chi connectivity index (χ1) is 10.3. The van der Waals surface area contributed by atoms with Gasteiger partial charge in [0.2, 0.25) is 0 Å². The van der Waals surface area contributed by atoms with E-state index in [1.807, 2.05) is 0 Å². The van der Waals surface area contributed by atoms with Crippen LogP contribution in [0.5, 0.6) is 0 Å². The number of aliphatic hydroxyl groups excluding tert-OH is 1. The van der Waals surface area contributed by atoms with E-state index in [4.69, 9.17) is 5.11 Å². The van der Waals surface area contributed by atoms with Crippen molar-refractivity contribution in [1.82, 2.24) is 0 Å². The molecule has 0 aliphatic rings. The zero-order chi connectivity index (χ0) is 15.3. The molecule has 0 fully saturated rings. The average molecular weight is 292 g/mol. The molecule has 120 valence electrons. The van der Waals surface area contributed by atoms with Crippen LogP contribution in [0.25, 0.3) is 0 Å². The lowest BCUT2D eigenvalue weighted by Gasteiger charge is -2.22. The van der Waals surface area contributed by atoms with Crippen LogP contribution in [0.4, 0.5) is 11.4 Å². The van der Waals surface area contributed by atoms with Gasteiger partial charge in [0.25, 0.3) is 0 Å². The van der Waals surface area contributed by atoms with Gasteiger partial charge in [0, 0.05) is 31.0 Å². The lowest BCUT2D eigenvalue weighted by molar-refractivity contribution is 0.302. The number of benzene rings is 1. The number of nitrogens with zero attached hydrogens (tertiary/aromatic N) is 1. The summed E-state index contributed by atoms with van der Waals surface area (Å²) in [4.78, 5) is 2.18. The summed E-state index contributed by atoms with van der Waals surface area (Å²) in [7, 11) is 0. The minimum atomic E-state index is 0.200. The average Bonchev–Trinajstić information content (AvgIpc) is 2.52. The van der Waals surface area contributed by atoms with Crippen LogP contribution in [0.3, 0.4) is 0 Å². The molecule has 0 aliphatic heterocycles. The Morgan fingerprint density at radius 1 is 0.952 bits per heavy atom. The van der Waals surface area contributed by atoms with Gasteiger partial charge in [-0.3, -0.25) is 0 Å². The van der Waals surface area contributed by atoms with Crippen LogP contribution < -0.4 is 10.2 Å². The van der Waals surface area contributed by atoms with Crippen molar-refractivity contribution in [3.05, 3.63) is 24.3 Å². The van der Waals surface area contributed by atoms with Gasteiger partial charge in [-0.2, -0.15) is 0 Å². The summed E-state index contributed by atoms with van der Waals surface area (Å²) in [6.07, 6.45) is 8.00. The molecule has 0 atom stereocenters. The van der Waals surface area contributed by atoms with Gasteiger partial charge in [0.1, 0.15) is 0 Å². The van der Waals surface area contributed by atoms with Gasteiger partial charge >= 0.3 is 0 Å². The van der Waals surface area contributed by atoms with Crippen LogP contribution in [0, 0.1) is 0 Å². The second-order valence-corrected chi connectivity index (χ2v) is 5.54. The molecule has 1 aromatic rings. The molecule has 0 aliphatic carbocycles. The smallest absolute Gasteiger partial charge is 0.0606 e. The van der Waals surface area contributed by atoms with Gasteiger partial charge in [-0.1, -0.05) is 39.0 Å². The normalized spacial score (nSPS) is 10.6.